The molecule has 1 aromatic heterocycles. The highest BCUT2D eigenvalue weighted by molar-refractivity contribution is 9.10. The Bertz CT molecular complexity index is 1530. The van der Waals surface area contributed by atoms with Gasteiger partial charge in [-0.1, -0.05) is 52.3 Å². The summed E-state index contributed by atoms with van der Waals surface area (Å²) in [6.45, 7) is 3.80. The highest BCUT2D eigenvalue weighted by Gasteiger charge is 2.42. The highest BCUT2D eigenvalue weighted by Crippen LogP contribution is 2.41. The third-order valence-electron chi connectivity index (χ3n) is 6.54. The molecule has 7 nitrogen and oxygen atoms in total. The minimum Gasteiger partial charge on any atom is -0.490 e. The molecule has 0 radical (unpaired) electrons. The van der Waals surface area contributed by atoms with Gasteiger partial charge in [-0.15, -0.1) is 0 Å². The van der Waals surface area contributed by atoms with Crippen molar-refractivity contribution in [2.24, 2.45) is 0 Å². The Morgan fingerprint density at radius 3 is 2.50 bits per heavy atom. The van der Waals surface area contributed by atoms with E-state index in [0.717, 1.165) is 15.6 Å². The quantitative estimate of drug-likeness (QED) is 0.257. The summed E-state index contributed by atoms with van der Waals surface area (Å²) in [5.74, 6) is 0.952. The van der Waals surface area contributed by atoms with E-state index in [1.54, 1.807) is 23.1 Å². The van der Waals surface area contributed by atoms with Gasteiger partial charge < -0.3 is 23.7 Å². The lowest BCUT2D eigenvalue weighted by molar-refractivity contribution is 0.0716. The van der Waals surface area contributed by atoms with Crippen LogP contribution in [0.25, 0.3) is 11.0 Å². The summed E-state index contributed by atoms with van der Waals surface area (Å²) in [4.78, 5) is 31.1. The first-order chi connectivity index (χ1) is 18.4. The molecule has 1 aliphatic rings. The molecule has 2 heterocycles. The number of likely N-dealkylation sites (N-methyl/N-ethyl adjacent to an activating group) is 1. The van der Waals surface area contributed by atoms with Crippen LogP contribution in [0.3, 0.4) is 0 Å². The van der Waals surface area contributed by atoms with Crippen molar-refractivity contribution in [3.05, 3.63) is 104 Å². The van der Waals surface area contributed by atoms with Crippen LogP contribution in [0.5, 0.6) is 11.5 Å². The number of carbonyl (C=O) groups is 1. The number of nitrogens with zero attached hydrogens (tertiary/aromatic N) is 2. The standard InChI is InChI=1S/C30H29BrN2O5/c1-4-36-25-16-20(10-12-24(25)37-18-19-8-6-5-7-9-19)27-26-28(34)22-17-21(31)11-13-23(22)38-29(26)30(35)33(27)15-14-32(2)3/h5-13,16-17,27H,4,14-15,18H2,1-3H3. The van der Waals surface area contributed by atoms with Crippen LogP contribution in [-0.2, 0) is 6.61 Å². The van der Waals surface area contributed by atoms with E-state index in [4.69, 9.17) is 13.9 Å². The first kappa shape index (κ1) is 26.0. The molecule has 1 amide bonds. The Balaban J connectivity index is 1.60. The van der Waals surface area contributed by atoms with E-state index >= 15 is 0 Å². The van der Waals surface area contributed by atoms with E-state index < -0.39 is 6.04 Å². The average molecular weight is 577 g/mol. The van der Waals surface area contributed by atoms with Crippen molar-refractivity contribution in [1.82, 2.24) is 9.80 Å². The van der Waals surface area contributed by atoms with Gasteiger partial charge in [-0.25, -0.2) is 0 Å². The minimum absolute atomic E-state index is 0.0935. The fraction of sp³-hybridized carbons (Fsp3) is 0.267. The molecule has 3 aromatic carbocycles. The summed E-state index contributed by atoms with van der Waals surface area (Å²) >= 11 is 3.44. The minimum atomic E-state index is -0.612. The topological polar surface area (TPSA) is 72.2 Å². The molecule has 196 valence electrons. The van der Waals surface area contributed by atoms with Crippen LogP contribution in [0.1, 0.15) is 40.2 Å². The summed E-state index contributed by atoms with van der Waals surface area (Å²) in [5, 5.41) is 0.429. The SMILES string of the molecule is CCOc1cc(C2c3c(oc4ccc(Br)cc4c3=O)C(=O)N2CCN(C)C)ccc1OCc1ccccc1. The van der Waals surface area contributed by atoms with Gasteiger partial charge in [-0.05, 0) is 62.5 Å². The van der Waals surface area contributed by atoms with Crippen molar-refractivity contribution in [2.45, 2.75) is 19.6 Å². The zero-order chi connectivity index (χ0) is 26.8. The Kier molecular flexibility index (Phi) is 7.53. The summed E-state index contributed by atoms with van der Waals surface area (Å²) in [6, 6.07) is 20.1. The largest absolute Gasteiger partial charge is 0.490 e. The Labute approximate surface area is 229 Å². The predicted octanol–water partition coefficient (Wildman–Crippen LogP) is 5.64. The van der Waals surface area contributed by atoms with Crippen molar-refractivity contribution >= 4 is 32.8 Å². The van der Waals surface area contributed by atoms with Crippen molar-refractivity contribution in [1.29, 1.82) is 0 Å². The molecule has 38 heavy (non-hydrogen) atoms. The second kappa shape index (κ2) is 11.0. The van der Waals surface area contributed by atoms with Crippen molar-refractivity contribution < 1.29 is 18.7 Å². The first-order valence-electron chi connectivity index (χ1n) is 12.5. The molecule has 5 rings (SSSR count). The molecule has 1 aliphatic heterocycles. The number of ether oxygens (including phenoxy) is 2. The number of rotatable bonds is 9. The van der Waals surface area contributed by atoms with Crippen LogP contribution in [0.15, 0.2) is 80.4 Å². The molecular weight excluding hydrogens is 548 g/mol. The molecule has 0 fully saturated rings. The summed E-state index contributed by atoms with van der Waals surface area (Å²) < 4.78 is 18.8. The van der Waals surface area contributed by atoms with Crippen LogP contribution in [0, 0.1) is 0 Å². The molecule has 0 aliphatic carbocycles. The molecule has 8 heteroatoms. The van der Waals surface area contributed by atoms with Crippen LogP contribution < -0.4 is 14.9 Å². The molecule has 0 N–H and O–H groups in total. The van der Waals surface area contributed by atoms with Gasteiger partial charge in [0.15, 0.2) is 16.9 Å². The van der Waals surface area contributed by atoms with Gasteiger partial charge in [0.1, 0.15) is 12.2 Å². The molecule has 0 bridgehead atoms. The van der Waals surface area contributed by atoms with Crippen molar-refractivity contribution in [3.63, 3.8) is 0 Å². The van der Waals surface area contributed by atoms with E-state index in [1.165, 1.54) is 0 Å². The smallest absolute Gasteiger partial charge is 0.290 e. The number of hydrogen-bond acceptors (Lipinski definition) is 6. The first-order valence-corrected chi connectivity index (χ1v) is 13.3. The molecule has 0 saturated heterocycles. The van der Waals surface area contributed by atoms with Crippen LogP contribution in [0.4, 0.5) is 0 Å². The molecule has 1 unspecified atom stereocenters. The van der Waals surface area contributed by atoms with Gasteiger partial charge in [0.05, 0.1) is 23.6 Å². The molecule has 4 aromatic rings. The lowest BCUT2D eigenvalue weighted by Gasteiger charge is -2.27. The normalized spacial score (nSPS) is 14.8. The second-order valence-corrected chi connectivity index (χ2v) is 10.3. The number of fused-ring (bicyclic) bond motifs is 2. The number of amides is 1. The number of halogens is 1. The zero-order valence-electron chi connectivity index (χ0n) is 21.6. The number of hydrogen-bond donors (Lipinski definition) is 0. The maximum Gasteiger partial charge on any atom is 0.290 e. The van der Waals surface area contributed by atoms with Crippen LogP contribution >= 0.6 is 15.9 Å². The zero-order valence-corrected chi connectivity index (χ0v) is 23.2. The van der Waals surface area contributed by atoms with E-state index in [1.807, 2.05) is 74.4 Å². The predicted molar refractivity (Wildman–Crippen MR) is 150 cm³/mol. The Hall–Kier alpha value is -3.62. The molecule has 0 spiro atoms. The lowest BCUT2D eigenvalue weighted by Crippen LogP contribution is -2.35. The fourth-order valence-corrected chi connectivity index (χ4v) is 5.06. The van der Waals surface area contributed by atoms with Crippen LogP contribution in [0.2, 0.25) is 0 Å². The van der Waals surface area contributed by atoms with Gasteiger partial charge in [0, 0.05) is 17.6 Å². The van der Waals surface area contributed by atoms with Gasteiger partial charge in [-0.3, -0.25) is 9.59 Å². The van der Waals surface area contributed by atoms with Crippen LogP contribution in [-0.4, -0.2) is 49.5 Å². The molecular formula is C30H29BrN2O5. The summed E-state index contributed by atoms with van der Waals surface area (Å²) in [5.41, 5.74) is 2.32. The van der Waals surface area contributed by atoms with Gasteiger partial charge in [-0.2, -0.15) is 0 Å². The van der Waals surface area contributed by atoms with E-state index in [2.05, 4.69) is 15.9 Å². The Morgan fingerprint density at radius 2 is 1.76 bits per heavy atom. The lowest BCUT2D eigenvalue weighted by atomic mass is 9.98. The van der Waals surface area contributed by atoms with E-state index in [9.17, 15) is 9.59 Å². The summed E-state index contributed by atoms with van der Waals surface area (Å²) in [7, 11) is 3.90. The third kappa shape index (κ3) is 5.06. The fourth-order valence-electron chi connectivity index (χ4n) is 4.70. The highest BCUT2D eigenvalue weighted by atomic mass is 79.9. The second-order valence-electron chi connectivity index (χ2n) is 9.43. The summed E-state index contributed by atoms with van der Waals surface area (Å²) in [6.07, 6.45) is 0. The molecule has 1 atom stereocenters. The van der Waals surface area contributed by atoms with Gasteiger partial charge in [0.2, 0.25) is 5.76 Å². The maximum atomic E-state index is 13.8. The van der Waals surface area contributed by atoms with Gasteiger partial charge in [0.25, 0.3) is 5.91 Å². The third-order valence-corrected chi connectivity index (χ3v) is 7.03. The molecule has 0 saturated carbocycles. The maximum absolute atomic E-state index is 13.8. The van der Waals surface area contributed by atoms with Gasteiger partial charge >= 0.3 is 0 Å². The average Bonchev–Trinajstić information content (AvgIpc) is 3.19. The monoisotopic (exact) mass is 576 g/mol. The van der Waals surface area contributed by atoms with E-state index in [0.29, 0.717) is 54.3 Å². The number of benzene rings is 3. The Morgan fingerprint density at radius 1 is 0.974 bits per heavy atom. The van der Waals surface area contributed by atoms with Crippen molar-refractivity contribution in [2.75, 3.05) is 33.8 Å². The van der Waals surface area contributed by atoms with E-state index in [-0.39, 0.29) is 17.1 Å². The van der Waals surface area contributed by atoms with Crippen molar-refractivity contribution in [3.8, 4) is 11.5 Å². The number of carbonyl (C=O) groups excluding carboxylic acids is 1.